The van der Waals surface area contributed by atoms with Crippen LogP contribution in [-0.4, -0.2) is 45.8 Å². The number of nitrogens with zero attached hydrogens (tertiary/aromatic N) is 4. The fourth-order valence-corrected chi connectivity index (χ4v) is 2.10. The van der Waals surface area contributed by atoms with Crippen molar-refractivity contribution in [1.29, 1.82) is 0 Å². The molecule has 2 heterocycles. The van der Waals surface area contributed by atoms with Gasteiger partial charge in [0.05, 0.1) is 10.9 Å². The third kappa shape index (κ3) is 2.76. The molecule has 0 aliphatic carbocycles. The zero-order valence-corrected chi connectivity index (χ0v) is 10.1. The Morgan fingerprint density at radius 2 is 1.87 bits per heavy atom. The summed E-state index contributed by atoms with van der Waals surface area (Å²) in [5.74, 6) is 0.951. The molecule has 0 aromatic carbocycles. The van der Waals surface area contributed by atoms with E-state index in [0.717, 1.165) is 32.0 Å². The first-order valence-electron chi connectivity index (χ1n) is 4.88. The van der Waals surface area contributed by atoms with Gasteiger partial charge in [-0.2, -0.15) is 0 Å². The number of piperazine rings is 1. The number of thiol groups is 2. The lowest BCUT2D eigenvalue weighted by atomic mass is 10.3. The summed E-state index contributed by atoms with van der Waals surface area (Å²) in [7, 11) is 0. The molecular formula is C9H14N4S2. The third-order valence-electron chi connectivity index (χ3n) is 2.51. The normalized spacial score (nSPS) is 18.5. The minimum Gasteiger partial charge on any atom is -0.353 e. The molecule has 1 fully saturated rings. The molecule has 1 aromatic rings. The SMILES string of the molecule is SC(S)N1CCN(c2cnccn2)CC1. The van der Waals surface area contributed by atoms with Gasteiger partial charge >= 0.3 is 0 Å². The Kier molecular flexibility index (Phi) is 3.71. The molecule has 0 saturated carbocycles. The molecule has 15 heavy (non-hydrogen) atoms. The van der Waals surface area contributed by atoms with Crippen molar-refractivity contribution < 1.29 is 0 Å². The van der Waals surface area contributed by atoms with Crippen molar-refractivity contribution >= 4 is 31.1 Å². The molecule has 1 aromatic heterocycles. The highest BCUT2D eigenvalue weighted by Gasteiger charge is 2.20. The van der Waals surface area contributed by atoms with Crippen LogP contribution in [0.15, 0.2) is 18.6 Å². The van der Waals surface area contributed by atoms with Crippen LogP contribution in [0.3, 0.4) is 0 Å². The average Bonchev–Trinajstić information content (AvgIpc) is 2.30. The lowest BCUT2D eigenvalue weighted by molar-refractivity contribution is 0.286. The van der Waals surface area contributed by atoms with E-state index in [2.05, 4.69) is 45.0 Å². The van der Waals surface area contributed by atoms with Crippen LogP contribution in [-0.2, 0) is 0 Å². The van der Waals surface area contributed by atoms with Gasteiger partial charge in [0.1, 0.15) is 5.82 Å². The van der Waals surface area contributed by atoms with E-state index >= 15 is 0 Å². The zero-order valence-electron chi connectivity index (χ0n) is 8.32. The Labute approximate surface area is 101 Å². The van der Waals surface area contributed by atoms with E-state index in [4.69, 9.17) is 0 Å². The predicted octanol–water partition coefficient (Wildman–Crippen LogP) is 0.742. The summed E-state index contributed by atoms with van der Waals surface area (Å²) in [4.78, 5) is 12.8. The molecule has 1 saturated heterocycles. The maximum atomic E-state index is 4.30. The number of rotatable bonds is 2. The highest BCUT2D eigenvalue weighted by atomic mass is 32.2. The van der Waals surface area contributed by atoms with Gasteiger partial charge in [0.2, 0.25) is 0 Å². The molecule has 1 aliphatic rings. The summed E-state index contributed by atoms with van der Waals surface area (Å²) in [6, 6.07) is 0. The maximum absolute atomic E-state index is 4.30. The van der Waals surface area contributed by atoms with E-state index in [9.17, 15) is 0 Å². The molecule has 0 bridgehead atoms. The Balaban J connectivity index is 1.94. The van der Waals surface area contributed by atoms with E-state index < -0.39 is 0 Å². The largest absolute Gasteiger partial charge is 0.353 e. The molecule has 0 atom stereocenters. The van der Waals surface area contributed by atoms with Crippen molar-refractivity contribution in [3.63, 3.8) is 0 Å². The summed E-state index contributed by atoms with van der Waals surface area (Å²) >= 11 is 8.60. The van der Waals surface area contributed by atoms with Crippen molar-refractivity contribution in [2.75, 3.05) is 31.1 Å². The van der Waals surface area contributed by atoms with Gasteiger partial charge in [-0.25, -0.2) is 4.98 Å². The summed E-state index contributed by atoms with van der Waals surface area (Å²) in [6.07, 6.45) is 5.22. The van der Waals surface area contributed by atoms with Gasteiger partial charge in [-0.05, 0) is 0 Å². The third-order valence-corrected chi connectivity index (χ3v) is 3.17. The first-order chi connectivity index (χ1) is 7.27. The Morgan fingerprint density at radius 3 is 2.40 bits per heavy atom. The first-order valence-corrected chi connectivity index (χ1v) is 5.92. The highest BCUT2D eigenvalue weighted by molar-refractivity contribution is 7.99. The van der Waals surface area contributed by atoms with E-state index in [1.54, 1.807) is 18.6 Å². The van der Waals surface area contributed by atoms with E-state index in [-0.39, 0.29) is 4.71 Å². The predicted molar refractivity (Wildman–Crippen MR) is 67.6 cm³/mol. The van der Waals surface area contributed by atoms with E-state index in [0.29, 0.717) is 0 Å². The van der Waals surface area contributed by atoms with Gasteiger partial charge in [-0.15, -0.1) is 25.3 Å². The Morgan fingerprint density at radius 1 is 1.13 bits per heavy atom. The summed E-state index contributed by atoms with van der Waals surface area (Å²) in [6.45, 7) is 3.84. The molecule has 6 heteroatoms. The van der Waals surface area contributed by atoms with Crippen molar-refractivity contribution in [3.05, 3.63) is 18.6 Å². The fourth-order valence-electron chi connectivity index (χ4n) is 1.64. The lowest BCUT2D eigenvalue weighted by Gasteiger charge is -2.36. The monoisotopic (exact) mass is 242 g/mol. The molecule has 0 N–H and O–H groups in total. The second-order valence-electron chi connectivity index (χ2n) is 3.43. The van der Waals surface area contributed by atoms with Gasteiger partial charge < -0.3 is 4.90 Å². The topological polar surface area (TPSA) is 32.3 Å². The van der Waals surface area contributed by atoms with Crippen LogP contribution in [0, 0.1) is 0 Å². The molecule has 0 unspecified atom stereocenters. The van der Waals surface area contributed by atoms with Gasteiger partial charge in [0.15, 0.2) is 0 Å². The Bertz CT molecular complexity index is 298. The summed E-state index contributed by atoms with van der Waals surface area (Å²) < 4.78 is 0.0361. The summed E-state index contributed by atoms with van der Waals surface area (Å²) in [5.41, 5.74) is 0. The zero-order chi connectivity index (χ0) is 10.7. The van der Waals surface area contributed by atoms with Crippen LogP contribution >= 0.6 is 25.3 Å². The second-order valence-corrected chi connectivity index (χ2v) is 4.82. The van der Waals surface area contributed by atoms with E-state index in [1.807, 2.05) is 0 Å². The van der Waals surface area contributed by atoms with Gasteiger partial charge in [0.25, 0.3) is 0 Å². The fraction of sp³-hybridized carbons (Fsp3) is 0.556. The number of hydrogen-bond acceptors (Lipinski definition) is 6. The number of anilines is 1. The van der Waals surface area contributed by atoms with E-state index in [1.165, 1.54) is 0 Å². The van der Waals surface area contributed by atoms with Crippen LogP contribution in [0.2, 0.25) is 0 Å². The highest BCUT2D eigenvalue weighted by Crippen LogP contribution is 2.15. The molecule has 0 radical (unpaired) electrons. The molecule has 1 aliphatic heterocycles. The van der Waals surface area contributed by atoms with Crippen LogP contribution in [0.1, 0.15) is 0 Å². The van der Waals surface area contributed by atoms with Gasteiger partial charge in [-0.3, -0.25) is 9.88 Å². The second kappa shape index (κ2) is 5.05. The lowest BCUT2D eigenvalue weighted by Crippen LogP contribution is -2.48. The standard InChI is InChI=1S/C9H14N4S2/c14-9(15)13-5-3-12(4-6-13)8-7-10-1-2-11-8/h1-2,7,9,14-15H,3-6H2. The van der Waals surface area contributed by atoms with Crippen LogP contribution in [0.25, 0.3) is 0 Å². The van der Waals surface area contributed by atoms with Crippen molar-refractivity contribution in [2.24, 2.45) is 0 Å². The quantitative estimate of drug-likeness (QED) is 0.592. The van der Waals surface area contributed by atoms with Gasteiger partial charge in [-0.1, -0.05) is 0 Å². The minimum absolute atomic E-state index is 0.0361. The molecule has 4 nitrogen and oxygen atoms in total. The molecule has 82 valence electrons. The molecule has 2 rings (SSSR count). The van der Waals surface area contributed by atoms with Crippen molar-refractivity contribution in [1.82, 2.24) is 14.9 Å². The Hall–Kier alpha value is -0.460. The minimum atomic E-state index is 0.0361. The summed E-state index contributed by atoms with van der Waals surface area (Å²) in [5, 5.41) is 0. The van der Waals surface area contributed by atoms with Gasteiger partial charge in [0, 0.05) is 38.6 Å². The van der Waals surface area contributed by atoms with Crippen LogP contribution in [0.5, 0.6) is 0 Å². The maximum Gasteiger partial charge on any atom is 0.147 e. The number of hydrogen-bond donors (Lipinski definition) is 2. The first kappa shape index (κ1) is 11.0. The number of aromatic nitrogens is 2. The molecule has 0 amide bonds. The van der Waals surface area contributed by atoms with Crippen LogP contribution < -0.4 is 4.90 Å². The molecule has 0 spiro atoms. The average molecular weight is 242 g/mol. The van der Waals surface area contributed by atoms with Crippen LogP contribution in [0.4, 0.5) is 5.82 Å². The smallest absolute Gasteiger partial charge is 0.147 e. The molecular weight excluding hydrogens is 228 g/mol. The van der Waals surface area contributed by atoms with Crippen molar-refractivity contribution in [2.45, 2.75) is 4.71 Å². The van der Waals surface area contributed by atoms with Crippen molar-refractivity contribution in [3.8, 4) is 0 Å².